The molecule has 4 aromatic rings. The Balaban J connectivity index is 1.39. The van der Waals surface area contributed by atoms with E-state index in [2.05, 4.69) is 32.0 Å². The highest BCUT2D eigenvalue weighted by Gasteiger charge is 2.40. The number of carbonyl (C=O) groups is 2. The van der Waals surface area contributed by atoms with Crippen molar-refractivity contribution in [1.29, 1.82) is 0 Å². The number of urea groups is 1. The second-order valence-corrected chi connectivity index (χ2v) is 11.1. The van der Waals surface area contributed by atoms with Crippen LogP contribution in [-0.2, 0) is 16.6 Å². The molecule has 0 radical (unpaired) electrons. The molecule has 39 heavy (non-hydrogen) atoms. The highest BCUT2D eigenvalue weighted by molar-refractivity contribution is 6.30. The number of pyridine rings is 1. The molecular weight excluding hydrogens is 510 g/mol. The van der Waals surface area contributed by atoms with Gasteiger partial charge in [0.25, 0.3) is 0 Å². The van der Waals surface area contributed by atoms with E-state index in [9.17, 15) is 9.59 Å². The first-order valence-corrected chi connectivity index (χ1v) is 13.8. The minimum Gasteiger partial charge on any atom is -0.361 e. The summed E-state index contributed by atoms with van der Waals surface area (Å²) in [4.78, 5) is 35.1. The van der Waals surface area contributed by atoms with Crippen LogP contribution in [0.15, 0.2) is 79.1 Å². The molecule has 2 aromatic carbocycles. The number of aromatic amines is 1. The van der Waals surface area contributed by atoms with Gasteiger partial charge in [-0.05, 0) is 67.8 Å². The summed E-state index contributed by atoms with van der Waals surface area (Å²) in [7, 11) is 0. The van der Waals surface area contributed by atoms with Crippen LogP contribution in [0.3, 0.4) is 0 Å². The van der Waals surface area contributed by atoms with Gasteiger partial charge in [0.05, 0.1) is 0 Å². The zero-order valence-corrected chi connectivity index (χ0v) is 22.9. The molecule has 2 aromatic heterocycles. The number of anilines is 1. The third-order valence-corrected chi connectivity index (χ3v) is 8.07. The van der Waals surface area contributed by atoms with Gasteiger partial charge in [-0.15, -0.1) is 0 Å². The fourth-order valence-corrected chi connectivity index (χ4v) is 5.79. The summed E-state index contributed by atoms with van der Waals surface area (Å²) in [5.74, 6) is -0.236. The van der Waals surface area contributed by atoms with Crippen LogP contribution in [0.5, 0.6) is 0 Å². The SMILES string of the molecule is C[C@@](Cc1c[nH]c2ccccc12)(NC(=O)Nc1ccc(Cl)cc1)C(=O)NCC1(c2ccccn2)CCCCC1. The van der Waals surface area contributed by atoms with E-state index in [1.807, 2.05) is 48.8 Å². The van der Waals surface area contributed by atoms with Crippen LogP contribution in [0, 0.1) is 0 Å². The Hall–Kier alpha value is -3.84. The molecule has 202 valence electrons. The molecule has 0 aliphatic heterocycles. The Kier molecular flexibility index (Phi) is 7.89. The number of carbonyl (C=O) groups excluding carboxylic acids is 2. The lowest BCUT2D eigenvalue weighted by molar-refractivity contribution is -0.127. The fraction of sp³-hybridized carbons (Fsp3) is 0.323. The molecular formula is C31H34ClN5O2. The van der Waals surface area contributed by atoms with Crippen molar-refractivity contribution < 1.29 is 9.59 Å². The van der Waals surface area contributed by atoms with Crippen molar-refractivity contribution in [2.24, 2.45) is 0 Å². The van der Waals surface area contributed by atoms with Gasteiger partial charge >= 0.3 is 6.03 Å². The van der Waals surface area contributed by atoms with Crippen LogP contribution < -0.4 is 16.0 Å². The molecule has 1 aliphatic carbocycles. The predicted molar refractivity (Wildman–Crippen MR) is 156 cm³/mol. The smallest absolute Gasteiger partial charge is 0.320 e. The van der Waals surface area contributed by atoms with Crippen molar-refractivity contribution in [3.05, 3.63) is 95.4 Å². The van der Waals surface area contributed by atoms with Gasteiger partial charge in [0, 0.05) is 58.1 Å². The van der Waals surface area contributed by atoms with Crippen LogP contribution in [0.4, 0.5) is 10.5 Å². The summed E-state index contributed by atoms with van der Waals surface area (Å²) >= 11 is 5.99. The second-order valence-electron chi connectivity index (χ2n) is 10.7. The van der Waals surface area contributed by atoms with Crippen molar-refractivity contribution in [3.63, 3.8) is 0 Å². The molecule has 5 rings (SSSR count). The number of nitrogens with zero attached hydrogens (tertiary/aromatic N) is 1. The normalized spacial score (nSPS) is 16.3. The average Bonchev–Trinajstić information content (AvgIpc) is 3.36. The third kappa shape index (κ3) is 6.09. The maximum Gasteiger partial charge on any atom is 0.320 e. The summed E-state index contributed by atoms with van der Waals surface area (Å²) < 4.78 is 0. The maximum absolute atomic E-state index is 14.0. The molecule has 8 heteroatoms. The molecule has 7 nitrogen and oxygen atoms in total. The number of benzene rings is 2. The first kappa shape index (κ1) is 26.8. The minimum atomic E-state index is -1.22. The quantitative estimate of drug-likeness (QED) is 0.208. The van der Waals surface area contributed by atoms with E-state index in [4.69, 9.17) is 11.6 Å². The lowest BCUT2D eigenvalue weighted by Crippen LogP contribution is -2.60. The number of rotatable bonds is 8. The highest BCUT2D eigenvalue weighted by atomic mass is 35.5. The standard InChI is InChI=1S/C31H34ClN5O2/c1-30(19-22-20-34-26-10-4-3-9-25(22)26,37-29(39)36-24-14-12-23(32)13-15-24)28(38)35-21-31(16-6-2-7-17-31)27-11-5-8-18-33-27/h3-5,8-15,18,20,34H,2,6-7,16-17,19,21H2,1H3,(H,35,38)(H2,36,37,39)/t30-/m0/s1. The van der Waals surface area contributed by atoms with Gasteiger partial charge in [-0.25, -0.2) is 4.79 Å². The fourth-order valence-electron chi connectivity index (χ4n) is 5.66. The number of fused-ring (bicyclic) bond motifs is 1. The topological polar surface area (TPSA) is 98.9 Å². The Labute approximate surface area is 233 Å². The van der Waals surface area contributed by atoms with Gasteiger partial charge in [-0.2, -0.15) is 0 Å². The molecule has 1 atom stereocenters. The zero-order valence-electron chi connectivity index (χ0n) is 22.1. The Morgan fingerprint density at radius 2 is 1.74 bits per heavy atom. The van der Waals surface area contributed by atoms with Crippen LogP contribution in [-0.4, -0.2) is 34.0 Å². The monoisotopic (exact) mass is 543 g/mol. The largest absolute Gasteiger partial charge is 0.361 e. The maximum atomic E-state index is 14.0. The van der Waals surface area contributed by atoms with Crippen LogP contribution >= 0.6 is 11.6 Å². The molecule has 1 fully saturated rings. The van der Waals surface area contributed by atoms with Crippen molar-refractivity contribution >= 4 is 40.1 Å². The lowest BCUT2D eigenvalue weighted by atomic mass is 9.71. The summed E-state index contributed by atoms with van der Waals surface area (Å²) in [5, 5.41) is 10.6. The van der Waals surface area contributed by atoms with E-state index in [-0.39, 0.29) is 11.3 Å². The van der Waals surface area contributed by atoms with Crippen molar-refractivity contribution in [1.82, 2.24) is 20.6 Å². The van der Waals surface area contributed by atoms with Gasteiger partial charge in [-0.1, -0.05) is 55.1 Å². The Morgan fingerprint density at radius 1 is 1.00 bits per heavy atom. The van der Waals surface area contributed by atoms with Crippen molar-refractivity contribution in [2.45, 2.75) is 56.4 Å². The molecule has 3 amide bonds. The van der Waals surface area contributed by atoms with Gasteiger partial charge in [0.1, 0.15) is 5.54 Å². The van der Waals surface area contributed by atoms with Gasteiger partial charge in [0.15, 0.2) is 0 Å². The number of amides is 3. The number of aromatic nitrogens is 2. The summed E-state index contributed by atoms with van der Waals surface area (Å²) in [6.07, 6.45) is 9.35. The van der Waals surface area contributed by atoms with Crippen LogP contribution in [0.25, 0.3) is 10.9 Å². The van der Waals surface area contributed by atoms with E-state index in [1.54, 1.807) is 31.2 Å². The minimum absolute atomic E-state index is 0.220. The molecule has 0 unspecified atom stereocenters. The molecule has 0 spiro atoms. The second kappa shape index (κ2) is 11.5. The average molecular weight is 544 g/mol. The van der Waals surface area contributed by atoms with E-state index in [0.29, 0.717) is 23.7 Å². The molecule has 0 saturated heterocycles. The highest BCUT2D eigenvalue weighted by Crippen LogP contribution is 2.38. The number of nitrogens with one attached hydrogen (secondary N) is 4. The predicted octanol–water partition coefficient (Wildman–Crippen LogP) is 6.36. The van der Waals surface area contributed by atoms with E-state index in [0.717, 1.165) is 47.8 Å². The number of hydrogen-bond acceptors (Lipinski definition) is 3. The first-order valence-electron chi connectivity index (χ1n) is 13.5. The first-order chi connectivity index (χ1) is 18.9. The molecule has 0 bridgehead atoms. The van der Waals surface area contributed by atoms with Crippen LogP contribution in [0.2, 0.25) is 5.02 Å². The van der Waals surface area contributed by atoms with Gasteiger partial charge < -0.3 is 20.9 Å². The summed E-state index contributed by atoms with van der Waals surface area (Å²) in [5.41, 5.74) is 2.09. The van der Waals surface area contributed by atoms with Crippen LogP contribution in [0.1, 0.15) is 50.3 Å². The number of H-pyrrole nitrogens is 1. The van der Waals surface area contributed by atoms with Gasteiger partial charge in [0.2, 0.25) is 5.91 Å². The number of halogens is 1. The summed E-state index contributed by atoms with van der Waals surface area (Å²) in [6.45, 7) is 2.24. The molecule has 1 aliphatic rings. The van der Waals surface area contributed by atoms with E-state index < -0.39 is 11.6 Å². The molecule has 1 saturated carbocycles. The lowest BCUT2D eigenvalue weighted by Gasteiger charge is -2.38. The summed E-state index contributed by atoms with van der Waals surface area (Å²) in [6, 6.07) is 20.3. The van der Waals surface area contributed by atoms with Crippen molar-refractivity contribution in [3.8, 4) is 0 Å². The van der Waals surface area contributed by atoms with E-state index >= 15 is 0 Å². The Bertz CT molecular complexity index is 1430. The molecule has 2 heterocycles. The van der Waals surface area contributed by atoms with Gasteiger partial charge in [-0.3, -0.25) is 9.78 Å². The van der Waals surface area contributed by atoms with E-state index in [1.165, 1.54) is 6.42 Å². The number of para-hydroxylation sites is 1. The Morgan fingerprint density at radius 3 is 2.49 bits per heavy atom. The zero-order chi connectivity index (χ0) is 27.3. The third-order valence-electron chi connectivity index (χ3n) is 7.82. The number of hydrogen-bond donors (Lipinski definition) is 4. The molecule has 4 N–H and O–H groups in total. The van der Waals surface area contributed by atoms with Crippen molar-refractivity contribution in [2.75, 3.05) is 11.9 Å².